The van der Waals surface area contributed by atoms with E-state index in [1.807, 2.05) is 18.2 Å². The summed E-state index contributed by atoms with van der Waals surface area (Å²) in [6.45, 7) is 7.64. The van der Waals surface area contributed by atoms with Crippen LogP contribution in [0.15, 0.2) is 30.3 Å². The molecule has 4 heterocycles. The number of rotatable bonds is 3. The predicted molar refractivity (Wildman–Crippen MR) is 111 cm³/mol. The van der Waals surface area contributed by atoms with Crippen molar-refractivity contribution in [3.63, 3.8) is 0 Å². The number of anilines is 2. The van der Waals surface area contributed by atoms with Crippen molar-refractivity contribution in [1.29, 1.82) is 0 Å². The normalized spacial score (nSPS) is 23.0. The fraction of sp³-hybridized carbons (Fsp3) is 0.524. The van der Waals surface area contributed by atoms with Gasteiger partial charge < -0.3 is 20.6 Å². The van der Waals surface area contributed by atoms with Crippen LogP contribution in [0, 0.1) is 5.92 Å². The summed E-state index contributed by atoms with van der Waals surface area (Å²) in [4.78, 5) is 5.12. The van der Waals surface area contributed by atoms with Gasteiger partial charge in [-0.3, -0.25) is 4.90 Å². The van der Waals surface area contributed by atoms with Crippen LogP contribution in [0.3, 0.4) is 0 Å². The Bertz CT molecular complexity index is 837. The van der Waals surface area contributed by atoms with Crippen LogP contribution in [0.5, 0.6) is 5.75 Å². The van der Waals surface area contributed by atoms with Crippen molar-refractivity contribution >= 4 is 11.5 Å². The second-order valence-corrected chi connectivity index (χ2v) is 8.16. The molecule has 2 fully saturated rings. The van der Waals surface area contributed by atoms with Gasteiger partial charge in [-0.15, -0.1) is 10.2 Å². The largest absolute Gasteiger partial charge is 0.507 e. The van der Waals surface area contributed by atoms with Crippen molar-refractivity contribution in [3.05, 3.63) is 30.3 Å². The number of phenols is 1. The van der Waals surface area contributed by atoms with Crippen LogP contribution in [0.2, 0.25) is 0 Å². The number of hydrogen-bond donors (Lipinski definition) is 3. The number of benzene rings is 1. The van der Waals surface area contributed by atoms with Gasteiger partial charge in [0.1, 0.15) is 5.75 Å². The molecular weight excluding hydrogens is 352 g/mol. The SMILES string of the molecule is Oc1ccccc1-c1cc2c(nn1)NCC1CN(CC3CCNCC3)CCN21. The Hall–Kier alpha value is -2.38. The molecule has 3 aliphatic rings. The number of piperazine rings is 1. The average molecular weight is 380 g/mol. The second kappa shape index (κ2) is 7.56. The molecule has 2 aromatic rings. The van der Waals surface area contributed by atoms with E-state index in [-0.39, 0.29) is 5.75 Å². The van der Waals surface area contributed by atoms with Crippen LogP contribution in [0.4, 0.5) is 11.5 Å². The van der Waals surface area contributed by atoms with Gasteiger partial charge in [0.15, 0.2) is 5.82 Å². The summed E-state index contributed by atoms with van der Waals surface area (Å²) in [5.41, 5.74) is 2.55. The van der Waals surface area contributed by atoms with Crippen molar-refractivity contribution in [2.75, 3.05) is 56.0 Å². The highest BCUT2D eigenvalue weighted by atomic mass is 16.3. The van der Waals surface area contributed by atoms with Gasteiger partial charge in [0, 0.05) is 38.3 Å². The maximum absolute atomic E-state index is 10.2. The summed E-state index contributed by atoms with van der Waals surface area (Å²) < 4.78 is 0. The van der Waals surface area contributed by atoms with E-state index in [4.69, 9.17) is 0 Å². The molecule has 1 aromatic heterocycles. The third kappa shape index (κ3) is 3.40. The lowest BCUT2D eigenvalue weighted by Gasteiger charge is -2.46. The first-order valence-electron chi connectivity index (χ1n) is 10.4. The summed E-state index contributed by atoms with van der Waals surface area (Å²) >= 11 is 0. The number of phenolic OH excluding ortho intramolecular Hbond substituents is 1. The topological polar surface area (TPSA) is 76.5 Å². The fourth-order valence-corrected chi connectivity index (χ4v) is 4.77. The first kappa shape index (κ1) is 17.7. The molecule has 0 aliphatic carbocycles. The highest BCUT2D eigenvalue weighted by Crippen LogP contribution is 2.36. The van der Waals surface area contributed by atoms with Crippen molar-refractivity contribution in [3.8, 4) is 17.0 Å². The summed E-state index contributed by atoms with van der Waals surface area (Å²) in [7, 11) is 0. The van der Waals surface area contributed by atoms with Gasteiger partial charge in [0.05, 0.1) is 17.4 Å². The first-order valence-corrected chi connectivity index (χ1v) is 10.4. The second-order valence-electron chi connectivity index (χ2n) is 8.16. The lowest BCUT2D eigenvalue weighted by Crippen LogP contribution is -2.58. The summed E-state index contributed by atoms with van der Waals surface area (Å²) in [6.07, 6.45) is 2.59. The Balaban J connectivity index is 1.33. The zero-order chi connectivity index (χ0) is 18.9. The van der Waals surface area contributed by atoms with E-state index in [1.54, 1.807) is 6.07 Å². The maximum atomic E-state index is 10.2. The Morgan fingerprint density at radius 1 is 1.11 bits per heavy atom. The first-order chi connectivity index (χ1) is 13.8. The monoisotopic (exact) mass is 380 g/mol. The van der Waals surface area contributed by atoms with Crippen LogP contribution in [0.1, 0.15) is 12.8 Å². The molecule has 2 saturated heterocycles. The van der Waals surface area contributed by atoms with Crippen LogP contribution in [-0.4, -0.2) is 72.1 Å². The van der Waals surface area contributed by atoms with Gasteiger partial charge in [-0.05, 0) is 50.0 Å². The van der Waals surface area contributed by atoms with E-state index in [0.717, 1.165) is 67.9 Å². The van der Waals surface area contributed by atoms with E-state index in [0.29, 0.717) is 6.04 Å². The molecule has 0 amide bonds. The number of aromatic hydroxyl groups is 1. The van der Waals surface area contributed by atoms with Gasteiger partial charge in [0.25, 0.3) is 0 Å². The molecule has 148 valence electrons. The third-order valence-corrected chi connectivity index (χ3v) is 6.31. The Kier molecular flexibility index (Phi) is 4.78. The minimum atomic E-state index is 0.240. The molecule has 0 saturated carbocycles. The molecule has 1 aromatic carbocycles. The van der Waals surface area contributed by atoms with E-state index >= 15 is 0 Å². The number of nitrogens with one attached hydrogen (secondary N) is 2. The van der Waals surface area contributed by atoms with E-state index < -0.39 is 0 Å². The molecule has 0 radical (unpaired) electrons. The Labute approximate surface area is 165 Å². The molecule has 7 heteroatoms. The molecule has 0 bridgehead atoms. The third-order valence-electron chi connectivity index (χ3n) is 6.31. The maximum Gasteiger partial charge on any atom is 0.172 e. The van der Waals surface area contributed by atoms with Gasteiger partial charge in [-0.1, -0.05) is 12.1 Å². The molecule has 3 aliphatic heterocycles. The number of aromatic nitrogens is 2. The van der Waals surface area contributed by atoms with Crippen LogP contribution >= 0.6 is 0 Å². The lowest BCUT2D eigenvalue weighted by molar-refractivity contribution is 0.176. The van der Waals surface area contributed by atoms with E-state index in [1.165, 1.54) is 19.4 Å². The fourth-order valence-electron chi connectivity index (χ4n) is 4.77. The van der Waals surface area contributed by atoms with Crippen LogP contribution in [-0.2, 0) is 0 Å². The van der Waals surface area contributed by atoms with Crippen molar-refractivity contribution < 1.29 is 5.11 Å². The molecule has 5 rings (SSSR count). The Morgan fingerprint density at radius 3 is 2.82 bits per heavy atom. The standard InChI is InChI=1S/C21H28N6O/c28-20-4-2-1-3-17(20)18-11-19-21(25-24-18)23-12-16-14-26(9-10-27(16)19)13-15-5-7-22-8-6-15/h1-4,11,15-16,22,28H,5-10,12-14H2,(H,23,25). The van der Waals surface area contributed by atoms with Crippen molar-refractivity contribution in [2.24, 2.45) is 5.92 Å². The Morgan fingerprint density at radius 2 is 1.96 bits per heavy atom. The molecular formula is C21H28N6O. The number of fused-ring (bicyclic) bond motifs is 3. The minimum Gasteiger partial charge on any atom is -0.507 e. The number of para-hydroxylation sites is 1. The molecule has 1 atom stereocenters. The summed E-state index contributed by atoms with van der Waals surface area (Å²) in [6, 6.07) is 9.83. The minimum absolute atomic E-state index is 0.240. The van der Waals surface area contributed by atoms with Gasteiger partial charge in [-0.2, -0.15) is 0 Å². The van der Waals surface area contributed by atoms with Gasteiger partial charge in [-0.25, -0.2) is 0 Å². The average Bonchev–Trinajstić information content (AvgIpc) is 2.74. The van der Waals surface area contributed by atoms with Gasteiger partial charge >= 0.3 is 0 Å². The number of piperidine rings is 1. The van der Waals surface area contributed by atoms with Crippen LogP contribution in [0.25, 0.3) is 11.3 Å². The van der Waals surface area contributed by atoms with E-state index in [2.05, 4.69) is 36.7 Å². The van der Waals surface area contributed by atoms with Crippen molar-refractivity contribution in [1.82, 2.24) is 20.4 Å². The smallest absolute Gasteiger partial charge is 0.172 e. The van der Waals surface area contributed by atoms with Crippen molar-refractivity contribution in [2.45, 2.75) is 18.9 Å². The van der Waals surface area contributed by atoms with E-state index in [9.17, 15) is 5.11 Å². The highest BCUT2D eigenvalue weighted by Gasteiger charge is 2.33. The zero-order valence-corrected chi connectivity index (χ0v) is 16.1. The quantitative estimate of drug-likeness (QED) is 0.749. The summed E-state index contributed by atoms with van der Waals surface area (Å²) in [5, 5.41) is 25.9. The predicted octanol–water partition coefficient (Wildman–Crippen LogP) is 1.76. The number of nitrogens with zero attached hydrogens (tertiary/aromatic N) is 4. The highest BCUT2D eigenvalue weighted by molar-refractivity contribution is 5.76. The lowest BCUT2D eigenvalue weighted by atomic mass is 9.96. The molecule has 7 nitrogen and oxygen atoms in total. The van der Waals surface area contributed by atoms with Crippen LogP contribution < -0.4 is 15.5 Å². The summed E-state index contributed by atoms with van der Waals surface area (Å²) in [5.74, 6) is 1.92. The molecule has 0 spiro atoms. The molecule has 1 unspecified atom stereocenters. The van der Waals surface area contributed by atoms with Gasteiger partial charge in [0.2, 0.25) is 0 Å². The number of hydrogen-bond acceptors (Lipinski definition) is 7. The molecule has 3 N–H and O–H groups in total. The zero-order valence-electron chi connectivity index (χ0n) is 16.1. The molecule has 28 heavy (non-hydrogen) atoms.